The highest BCUT2D eigenvalue weighted by Gasteiger charge is 2.21. The predicted octanol–water partition coefficient (Wildman–Crippen LogP) is 3.48. The van der Waals surface area contributed by atoms with Gasteiger partial charge in [0, 0.05) is 6.07 Å². The van der Waals surface area contributed by atoms with Gasteiger partial charge in [-0.15, -0.1) is 0 Å². The lowest BCUT2D eigenvalue weighted by atomic mass is 10.1. The van der Waals surface area contributed by atoms with Gasteiger partial charge in [-0.3, -0.25) is 0 Å². The summed E-state index contributed by atoms with van der Waals surface area (Å²) in [6.45, 7) is 7.20. The van der Waals surface area contributed by atoms with Crippen molar-refractivity contribution in [1.82, 2.24) is 0 Å². The molecule has 0 saturated carbocycles. The van der Waals surface area contributed by atoms with Crippen molar-refractivity contribution in [2.75, 3.05) is 19.8 Å². The smallest absolute Gasteiger partial charge is 0.374 e. The molecular formula is C18H24O5. The van der Waals surface area contributed by atoms with E-state index in [0.717, 1.165) is 5.57 Å². The summed E-state index contributed by atoms with van der Waals surface area (Å²) in [7, 11) is 0. The van der Waals surface area contributed by atoms with Crippen LogP contribution in [0, 0.1) is 0 Å². The van der Waals surface area contributed by atoms with Crippen LogP contribution in [0.2, 0.25) is 0 Å². The van der Waals surface area contributed by atoms with Crippen LogP contribution in [0.15, 0.2) is 35.6 Å². The lowest BCUT2D eigenvalue weighted by Gasteiger charge is -2.19. The SMILES string of the molecule is CCOC(=O)C(Oc1cccc(OC(C)C)c1)=C1CCOCC1. The van der Waals surface area contributed by atoms with Gasteiger partial charge in [-0.1, -0.05) is 6.07 Å². The number of benzene rings is 1. The van der Waals surface area contributed by atoms with Gasteiger partial charge in [0.05, 0.1) is 25.9 Å². The van der Waals surface area contributed by atoms with Gasteiger partial charge < -0.3 is 18.9 Å². The van der Waals surface area contributed by atoms with Gasteiger partial charge in [-0.25, -0.2) is 4.79 Å². The minimum absolute atomic E-state index is 0.0728. The minimum atomic E-state index is -0.431. The van der Waals surface area contributed by atoms with Crippen molar-refractivity contribution in [2.24, 2.45) is 0 Å². The van der Waals surface area contributed by atoms with Crippen LogP contribution in [0.25, 0.3) is 0 Å². The van der Waals surface area contributed by atoms with Crippen molar-refractivity contribution in [2.45, 2.75) is 39.7 Å². The summed E-state index contributed by atoms with van der Waals surface area (Å²) in [5.41, 5.74) is 0.935. The van der Waals surface area contributed by atoms with Crippen LogP contribution >= 0.6 is 0 Å². The highest BCUT2D eigenvalue weighted by Crippen LogP contribution is 2.26. The molecule has 1 fully saturated rings. The summed E-state index contributed by atoms with van der Waals surface area (Å²) in [6.07, 6.45) is 1.43. The van der Waals surface area contributed by atoms with Crippen LogP contribution in [-0.2, 0) is 14.3 Å². The van der Waals surface area contributed by atoms with Gasteiger partial charge in [0.1, 0.15) is 11.5 Å². The van der Waals surface area contributed by atoms with Crippen molar-refractivity contribution < 1.29 is 23.7 Å². The number of esters is 1. The van der Waals surface area contributed by atoms with E-state index in [1.165, 1.54) is 0 Å². The first-order valence-corrected chi connectivity index (χ1v) is 8.01. The second kappa shape index (κ2) is 8.58. The standard InChI is InChI=1S/C18H24O5/c1-4-21-18(19)17(14-8-10-20-11-9-14)23-16-7-5-6-15(12-16)22-13(2)3/h5-7,12-13H,4,8-11H2,1-3H3. The fourth-order valence-corrected chi connectivity index (χ4v) is 2.30. The fraction of sp³-hybridized carbons (Fsp3) is 0.500. The van der Waals surface area contributed by atoms with Crippen LogP contribution in [0.3, 0.4) is 0 Å². The molecule has 0 radical (unpaired) electrons. The largest absolute Gasteiger partial charge is 0.491 e. The van der Waals surface area contributed by atoms with Gasteiger partial charge in [-0.2, -0.15) is 0 Å². The molecule has 126 valence electrons. The third-order valence-corrected chi connectivity index (χ3v) is 3.28. The van der Waals surface area contributed by atoms with Crippen molar-refractivity contribution in [3.8, 4) is 11.5 Å². The number of rotatable bonds is 6. The lowest BCUT2D eigenvalue weighted by molar-refractivity contribution is -0.141. The van der Waals surface area contributed by atoms with Gasteiger partial charge >= 0.3 is 5.97 Å². The summed E-state index contributed by atoms with van der Waals surface area (Å²) in [4.78, 5) is 12.2. The zero-order valence-corrected chi connectivity index (χ0v) is 14.0. The van der Waals surface area contributed by atoms with Gasteiger partial charge in [0.25, 0.3) is 0 Å². The number of hydrogen-bond acceptors (Lipinski definition) is 5. The Kier molecular flexibility index (Phi) is 6.47. The van der Waals surface area contributed by atoms with Crippen LogP contribution in [0.4, 0.5) is 0 Å². The third-order valence-electron chi connectivity index (χ3n) is 3.28. The summed E-state index contributed by atoms with van der Waals surface area (Å²) >= 11 is 0. The van der Waals surface area contributed by atoms with E-state index in [1.54, 1.807) is 19.1 Å². The molecule has 1 heterocycles. The number of carbonyl (C=O) groups is 1. The number of ether oxygens (including phenoxy) is 4. The molecule has 1 aliphatic heterocycles. The van der Waals surface area contributed by atoms with E-state index >= 15 is 0 Å². The second-order valence-electron chi connectivity index (χ2n) is 5.51. The highest BCUT2D eigenvalue weighted by atomic mass is 16.6. The maximum absolute atomic E-state index is 12.2. The summed E-state index contributed by atoms with van der Waals surface area (Å²) in [5.74, 6) is 1.11. The van der Waals surface area contributed by atoms with Crippen LogP contribution in [0.5, 0.6) is 11.5 Å². The molecule has 1 saturated heterocycles. The van der Waals surface area contributed by atoms with Gasteiger partial charge in [0.2, 0.25) is 5.76 Å². The molecule has 5 nitrogen and oxygen atoms in total. The van der Waals surface area contributed by atoms with Crippen LogP contribution < -0.4 is 9.47 Å². The number of carbonyl (C=O) groups excluding carboxylic acids is 1. The van der Waals surface area contributed by atoms with Gasteiger partial charge in [0.15, 0.2) is 0 Å². The first kappa shape index (κ1) is 17.3. The number of hydrogen-bond donors (Lipinski definition) is 0. The first-order chi connectivity index (χ1) is 11.1. The Bertz CT molecular complexity index is 554. The molecule has 1 aromatic rings. The molecule has 5 heteroatoms. The molecular weight excluding hydrogens is 296 g/mol. The minimum Gasteiger partial charge on any atom is -0.491 e. The quantitative estimate of drug-likeness (QED) is 0.456. The van der Waals surface area contributed by atoms with Gasteiger partial charge in [-0.05, 0) is 51.3 Å². The molecule has 0 unspecified atom stereocenters. The molecule has 23 heavy (non-hydrogen) atoms. The molecule has 0 spiro atoms. The Labute approximate surface area is 137 Å². The second-order valence-corrected chi connectivity index (χ2v) is 5.51. The summed E-state index contributed by atoms with van der Waals surface area (Å²) in [5, 5.41) is 0. The van der Waals surface area contributed by atoms with Crippen molar-refractivity contribution in [3.05, 3.63) is 35.6 Å². The maximum Gasteiger partial charge on any atom is 0.374 e. The fourth-order valence-electron chi connectivity index (χ4n) is 2.30. The Morgan fingerprint density at radius 3 is 2.57 bits per heavy atom. The average Bonchev–Trinajstić information content (AvgIpc) is 2.53. The molecule has 1 aromatic carbocycles. The van der Waals surface area contributed by atoms with E-state index in [2.05, 4.69) is 0 Å². The van der Waals surface area contributed by atoms with E-state index in [1.807, 2.05) is 26.0 Å². The van der Waals surface area contributed by atoms with Crippen molar-refractivity contribution in [1.29, 1.82) is 0 Å². The van der Waals surface area contributed by atoms with Crippen molar-refractivity contribution in [3.63, 3.8) is 0 Å². The average molecular weight is 320 g/mol. The Balaban J connectivity index is 2.22. The molecule has 0 amide bonds. The molecule has 0 N–H and O–H groups in total. The predicted molar refractivity (Wildman–Crippen MR) is 86.5 cm³/mol. The van der Waals surface area contributed by atoms with E-state index in [4.69, 9.17) is 18.9 Å². The summed E-state index contributed by atoms with van der Waals surface area (Å²) < 4.78 is 22.0. The third kappa shape index (κ3) is 5.28. The van der Waals surface area contributed by atoms with E-state index < -0.39 is 5.97 Å². The van der Waals surface area contributed by atoms with E-state index in [-0.39, 0.29) is 11.9 Å². The normalized spacial score (nSPS) is 14.5. The lowest BCUT2D eigenvalue weighted by Crippen LogP contribution is -2.19. The summed E-state index contributed by atoms with van der Waals surface area (Å²) in [6, 6.07) is 7.27. The molecule has 0 atom stereocenters. The monoisotopic (exact) mass is 320 g/mol. The Hall–Kier alpha value is -2.01. The maximum atomic E-state index is 12.2. The molecule has 0 aromatic heterocycles. The molecule has 2 rings (SSSR count). The Morgan fingerprint density at radius 2 is 1.91 bits per heavy atom. The van der Waals surface area contributed by atoms with Crippen LogP contribution in [0.1, 0.15) is 33.6 Å². The molecule has 1 aliphatic rings. The van der Waals surface area contributed by atoms with E-state index in [9.17, 15) is 4.79 Å². The first-order valence-electron chi connectivity index (χ1n) is 8.01. The van der Waals surface area contributed by atoms with E-state index in [0.29, 0.717) is 44.2 Å². The highest BCUT2D eigenvalue weighted by molar-refractivity contribution is 5.87. The van der Waals surface area contributed by atoms with Crippen molar-refractivity contribution >= 4 is 5.97 Å². The Morgan fingerprint density at radius 1 is 1.22 bits per heavy atom. The topological polar surface area (TPSA) is 54.0 Å². The van der Waals surface area contributed by atoms with Crippen LogP contribution in [-0.4, -0.2) is 31.9 Å². The zero-order chi connectivity index (χ0) is 16.7. The molecule has 0 aliphatic carbocycles. The molecule has 0 bridgehead atoms. The zero-order valence-electron chi connectivity index (χ0n) is 14.0.